The van der Waals surface area contributed by atoms with Gasteiger partial charge in [-0.2, -0.15) is 13.5 Å². The molecule has 0 saturated carbocycles. The first-order chi connectivity index (χ1) is 9.77. The molecule has 0 fully saturated rings. The van der Waals surface area contributed by atoms with Gasteiger partial charge >= 0.3 is 0 Å². The van der Waals surface area contributed by atoms with Gasteiger partial charge in [0, 0.05) is 0 Å². The summed E-state index contributed by atoms with van der Waals surface area (Å²) in [6.45, 7) is 1.06. The van der Waals surface area contributed by atoms with Crippen LogP contribution in [0, 0.1) is 6.92 Å². The molecule has 1 aromatic rings. The summed E-state index contributed by atoms with van der Waals surface area (Å²) >= 11 is 0. The van der Waals surface area contributed by atoms with Crippen LogP contribution in [0.2, 0.25) is 0 Å². The van der Waals surface area contributed by atoms with Crippen LogP contribution in [0.15, 0.2) is 34.3 Å². The minimum absolute atomic E-state index is 0.00400. The SMILES string of the molecule is Cc1ccc(S(=O)(=O)NN=CC(O)C(O)C(O)CO)cc1. The smallest absolute Gasteiger partial charge is 0.276 e. The highest BCUT2D eigenvalue weighted by Gasteiger charge is 2.22. The summed E-state index contributed by atoms with van der Waals surface area (Å²) in [5, 5.41) is 39.8. The lowest BCUT2D eigenvalue weighted by Crippen LogP contribution is -2.40. The first-order valence-corrected chi connectivity index (χ1v) is 7.53. The van der Waals surface area contributed by atoms with Crippen molar-refractivity contribution in [3.63, 3.8) is 0 Å². The van der Waals surface area contributed by atoms with E-state index in [4.69, 9.17) is 10.2 Å². The molecule has 0 aromatic heterocycles. The third kappa shape index (κ3) is 5.06. The number of nitrogens with zero attached hydrogens (tertiary/aromatic N) is 1. The molecule has 5 N–H and O–H groups in total. The summed E-state index contributed by atoms with van der Waals surface area (Å²) in [7, 11) is -3.88. The summed E-state index contributed by atoms with van der Waals surface area (Å²) in [6, 6.07) is 6.03. The van der Waals surface area contributed by atoms with E-state index in [0.717, 1.165) is 11.8 Å². The van der Waals surface area contributed by atoms with Gasteiger partial charge in [0.1, 0.15) is 18.3 Å². The molecule has 3 atom stereocenters. The van der Waals surface area contributed by atoms with Crippen LogP contribution < -0.4 is 4.83 Å². The number of aliphatic hydroxyl groups is 4. The van der Waals surface area contributed by atoms with E-state index in [2.05, 4.69) is 5.10 Å². The monoisotopic (exact) mass is 318 g/mol. The Labute approximate surface area is 122 Å². The van der Waals surface area contributed by atoms with E-state index in [0.29, 0.717) is 0 Å². The molecule has 0 aliphatic rings. The fraction of sp³-hybridized carbons (Fsp3) is 0.417. The van der Waals surface area contributed by atoms with Crippen LogP contribution >= 0.6 is 0 Å². The van der Waals surface area contributed by atoms with E-state index in [1.165, 1.54) is 12.1 Å². The maximum absolute atomic E-state index is 11.8. The predicted octanol–water partition coefficient (Wildman–Crippen LogP) is -1.67. The molecule has 3 unspecified atom stereocenters. The molecular formula is C12H18N2O6S. The van der Waals surface area contributed by atoms with Crippen LogP contribution in [0.4, 0.5) is 0 Å². The topological polar surface area (TPSA) is 139 Å². The summed E-state index contributed by atoms with van der Waals surface area (Å²) in [5.74, 6) is 0. The second kappa shape index (κ2) is 7.48. The number of aliphatic hydroxyl groups excluding tert-OH is 4. The lowest BCUT2D eigenvalue weighted by Gasteiger charge is -2.18. The average Bonchev–Trinajstić information content (AvgIpc) is 2.45. The molecule has 0 bridgehead atoms. The maximum atomic E-state index is 11.8. The Hall–Kier alpha value is -1.52. The van der Waals surface area contributed by atoms with E-state index in [9.17, 15) is 18.6 Å². The summed E-state index contributed by atoms with van der Waals surface area (Å²) in [6.07, 6.45) is -4.15. The molecule has 1 rings (SSSR count). The van der Waals surface area contributed by atoms with Crippen molar-refractivity contribution in [2.24, 2.45) is 5.10 Å². The molecule has 0 amide bonds. The molecule has 0 radical (unpaired) electrons. The van der Waals surface area contributed by atoms with Crippen molar-refractivity contribution >= 4 is 16.2 Å². The van der Waals surface area contributed by atoms with Gasteiger partial charge < -0.3 is 20.4 Å². The standard InChI is InChI=1S/C12H18N2O6S/c1-8-2-4-9(5-3-8)21(19,20)14-13-6-10(16)12(18)11(17)7-15/h2-6,10-12,14-18H,7H2,1H3. The lowest BCUT2D eigenvalue weighted by molar-refractivity contribution is -0.0542. The molecule has 0 saturated heterocycles. The van der Waals surface area contributed by atoms with Gasteiger partial charge in [-0.05, 0) is 19.1 Å². The fourth-order valence-corrected chi connectivity index (χ4v) is 2.17. The molecular weight excluding hydrogens is 300 g/mol. The Morgan fingerprint density at radius 3 is 2.33 bits per heavy atom. The van der Waals surface area contributed by atoms with E-state index >= 15 is 0 Å². The molecule has 9 heteroatoms. The Bertz CT molecular complexity index is 572. The quantitative estimate of drug-likeness (QED) is 0.301. The highest BCUT2D eigenvalue weighted by molar-refractivity contribution is 7.89. The summed E-state index contributed by atoms with van der Waals surface area (Å²) in [5.41, 5.74) is 0.897. The Morgan fingerprint density at radius 1 is 1.24 bits per heavy atom. The third-order valence-corrected chi connectivity index (χ3v) is 3.90. The van der Waals surface area contributed by atoms with Gasteiger partial charge in [-0.3, -0.25) is 0 Å². The summed E-state index contributed by atoms with van der Waals surface area (Å²) in [4.78, 5) is 1.86. The largest absolute Gasteiger partial charge is 0.394 e. The van der Waals surface area contributed by atoms with E-state index in [-0.39, 0.29) is 4.90 Å². The Balaban J connectivity index is 2.69. The number of hydrogen-bond donors (Lipinski definition) is 5. The first-order valence-electron chi connectivity index (χ1n) is 6.04. The van der Waals surface area contributed by atoms with Gasteiger partial charge in [0.15, 0.2) is 0 Å². The summed E-state index contributed by atoms with van der Waals surface area (Å²) < 4.78 is 23.7. The van der Waals surface area contributed by atoms with Crippen molar-refractivity contribution in [2.45, 2.75) is 30.1 Å². The van der Waals surface area contributed by atoms with Gasteiger partial charge in [-0.15, -0.1) is 0 Å². The van der Waals surface area contributed by atoms with Gasteiger partial charge in [-0.25, -0.2) is 4.83 Å². The number of sulfonamides is 1. The second-order valence-corrected chi connectivity index (χ2v) is 6.08. The van der Waals surface area contributed by atoms with E-state index in [1.54, 1.807) is 12.1 Å². The zero-order valence-corrected chi connectivity index (χ0v) is 12.1. The number of benzene rings is 1. The van der Waals surface area contributed by atoms with Gasteiger partial charge in [0.05, 0.1) is 17.7 Å². The number of rotatable bonds is 7. The molecule has 0 aliphatic heterocycles. The Morgan fingerprint density at radius 2 is 1.81 bits per heavy atom. The molecule has 118 valence electrons. The highest BCUT2D eigenvalue weighted by Crippen LogP contribution is 2.09. The van der Waals surface area contributed by atoms with Crippen molar-refractivity contribution in [3.8, 4) is 0 Å². The fourth-order valence-electron chi connectivity index (χ4n) is 1.37. The van der Waals surface area contributed by atoms with Crippen LogP contribution in [0.1, 0.15) is 5.56 Å². The van der Waals surface area contributed by atoms with Crippen LogP contribution in [-0.4, -0.2) is 60.0 Å². The maximum Gasteiger partial charge on any atom is 0.276 e. The lowest BCUT2D eigenvalue weighted by atomic mass is 10.1. The van der Waals surface area contributed by atoms with Gasteiger partial charge in [-0.1, -0.05) is 17.7 Å². The zero-order valence-electron chi connectivity index (χ0n) is 11.3. The van der Waals surface area contributed by atoms with Gasteiger partial charge in [0.2, 0.25) is 0 Å². The van der Waals surface area contributed by atoms with Crippen molar-refractivity contribution in [3.05, 3.63) is 29.8 Å². The van der Waals surface area contributed by atoms with Crippen LogP contribution in [0.5, 0.6) is 0 Å². The van der Waals surface area contributed by atoms with Crippen LogP contribution in [0.25, 0.3) is 0 Å². The predicted molar refractivity (Wildman–Crippen MR) is 75.1 cm³/mol. The minimum Gasteiger partial charge on any atom is -0.394 e. The number of hydrazone groups is 1. The molecule has 0 spiro atoms. The van der Waals surface area contributed by atoms with Crippen LogP contribution in [-0.2, 0) is 10.0 Å². The van der Waals surface area contributed by atoms with Crippen molar-refractivity contribution in [1.82, 2.24) is 4.83 Å². The minimum atomic E-state index is -3.88. The zero-order chi connectivity index (χ0) is 16.0. The first kappa shape index (κ1) is 17.5. The van der Waals surface area contributed by atoms with Crippen LogP contribution in [0.3, 0.4) is 0 Å². The molecule has 1 aromatic carbocycles. The number of aryl methyl sites for hydroxylation is 1. The highest BCUT2D eigenvalue weighted by atomic mass is 32.2. The number of nitrogens with one attached hydrogen (secondary N) is 1. The van der Waals surface area contributed by atoms with Crippen molar-refractivity contribution in [2.75, 3.05) is 6.61 Å². The second-order valence-electron chi connectivity index (χ2n) is 4.42. The van der Waals surface area contributed by atoms with Crippen molar-refractivity contribution in [1.29, 1.82) is 0 Å². The third-order valence-electron chi connectivity index (χ3n) is 2.66. The van der Waals surface area contributed by atoms with Crippen molar-refractivity contribution < 1.29 is 28.8 Å². The molecule has 8 nitrogen and oxygen atoms in total. The average molecular weight is 318 g/mol. The molecule has 21 heavy (non-hydrogen) atoms. The van der Waals surface area contributed by atoms with Gasteiger partial charge in [0.25, 0.3) is 10.0 Å². The normalized spacial score (nSPS) is 16.6. The number of hydrogen-bond acceptors (Lipinski definition) is 7. The Kier molecular flexibility index (Phi) is 6.24. The van der Waals surface area contributed by atoms with E-state index in [1.807, 2.05) is 11.8 Å². The van der Waals surface area contributed by atoms with E-state index < -0.39 is 34.9 Å². The molecule has 0 heterocycles. The molecule has 0 aliphatic carbocycles.